The SMILES string of the molecule is Cl.Cn1nc(C2CC2)c2c1NCC(C)(C)SC2c1ccc(Cl)cc1C(F)(F)F. The molecule has 28 heavy (non-hydrogen) atoms. The molecule has 1 unspecified atom stereocenters. The number of hydrogen-bond donors (Lipinski definition) is 1. The summed E-state index contributed by atoms with van der Waals surface area (Å²) < 4.78 is 43.0. The second-order valence-corrected chi connectivity index (χ2v) is 10.1. The zero-order chi connectivity index (χ0) is 19.6. The lowest BCUT2D eigenvalue weighted by Gasteiger charge is -2.28. The van der Waals surface area contributed by atoms with Crippen molar-refractivity contribution in [3.05, 3.63) is 45.6 Å². The van der Waals surface area contributed by atoms with E-state index >= 15 is 0 Å². The number of aromatic nitrogens is 2. The van der Waals surface area contributed by atoms with Crippen molar-refractivity contribution in [1.82, 2.24) is 9.78 Å². The molecule has 9 heteroatoms. The first-order valence-electron chi connectivity index (χ1n) is 8.92. The molecule has 0 radical (unpaired) electrons. The molecule has 0 bridgehead atoms. The van der Waals surface area contributed by atoms with Crippen molar-refractivity contribution in [3.63, 3.8) is 0 Å². The topological polar surface area (TPSA) is 29.9 Å². The molecule has 1 aliphatic heterocycles. The van der Waals surface area contributed by atoms with Gasteiger partial charge in [0.25, 0.3) is 0 Å². The fourth-order valence-corrected chi connectivity index (χ4v) is 5.27. The zero-order valence-corrected chi connectivity index (χ0v) is 18.1. The highest BCUT2D eigenvalue weighted by Gasteiger charge is 2.43. The van der Waals surface area contributed by atoms with Gasteiger partial charge in [0.1, 0.15) is 5.82 Å². The number of halogens is 5. The lowest BCUT2D eigenvalue weighted by Crippen LogP contribution is -2.26. The van der Waals surface area contributed by atoms with Crippen LogP contribution in [0.4, 0.5) is 19.0 Å². The summed E-state index contributed by atoms with van der Waals surface area (Å²) >= 11 is 7.47. The minimum absolute atomic E-state index is 0. The van der Waals surface area contributed by atoms with Crippen LogP contribution < -0.4 is 5.32 Å². The Kier molecular flexibility index (Phi) is 5.67. The summed E-state index contributed by atoms with van der Waals surface area (Å²) in [7, 11) is 1.85. The second-order valence-electron chi connectivity index (χ2n) is 7.89. The zero-order valence-electron chi connectivity index (χ0n) is 15.7. The fraction of sp³-hybridized carbons (Fsp3) is 0.526. The summed E-state index contributed by atoms with van der Waals surface area (Å²) in [6.07, 6.45) is -2.39. The minimum atomic E-state index is -4.47. The maximum Gasteiger partial charge on any atom is 0.416 e. The number of alkyl halides is 3. The molecule has 1 N–H and O–H groups in total. The fourth-order valence-electron chi connectivity index (χ4n) is 3.63. The average Bonchev–Trinajstić information content (AvgIpc) is 3.35. The molecule has 0 amide bonds. The van der Waals surface area contributed by atoms with E-state index in [9.17, 15) is 13.2 Å². The van der Waals surface area contributed by atoms with Gasteiger partial charge in [0.2, 0.25) is 0 Å². The number of fused-ring (bicyclic) bond motifs is 1. The van der Waals surface area contributed by atoms with Gasteiger partial charge in [0.15, 0.2) is 0 Å². The highest BCUT2D eigenvalue weighted by molar-refractivity contribution is 8.01. The Morgan fingerprint density at radius 2 is 1.96 bits per heavy atom. The molecule has 0 spiro atoms. The molecule has 1 saturated carbocycles. The van der Waals surface area contributed by atoms with Crippen molar-refractivity contribution in [2.75, 3.05) is 11.9 Å². The molecule has 3 nitrogen and oxygen atoms in total. The Morgan fingerprint density at radius 1 is 1.29 bits per heavy atom. The molecule has 1 aromatic heterocycles. The number of rotatable bonds is 2. The van der Waals surface area contributed by atoms with Gasteiger partial charge in [0.05, 0.1) is 16.5 Å². The van der Waals surface area contributed by atoms with Gasteiger partial charge in [-0.05, 0) is 44.4 Å². The lowest BCUT2D eigenvalue weighted by atomic mass is 9.97. The molecular formula is C19H22Cl2F3N3S. The summed E-state index contributed by atoms with van der Waals surface area (Å²) in [5, 5.41) is 7.73. The number of anilines is 1. The van der Waals surface area contributed by atoms with Gasteiger partial charge >= 0.3 is 6.18 Å². The molecule has 1 aliphatic carbocycles. The van der Waals surface area contributed by atoms with Crippen LogP contribution in [0.25, 0.3) is 0 Å². The van der Waals surface area contributed by atoms with Crippen LogP contribution in [0.2, 0.25) is 5.02 Å². The first-order chi connectivity index (χ1) is 12.6. The number of hydrogen-bond acceptors (Lipinski definition) is 3. The Labute approximate surface area is 177 Å². The molecule has 2 heterocycles. The summed E-state index contributed by atoms with van der Waals surface area (Å²) in [6.45, 7) is 4.76. The van der Waals surface area contributed by atoms with Crippen molar-refractivity contribution >= 4 is 41.6 Å². The third-order valence-corrected chi connectivity index (χ3v) is 6.80. The minimum Gasteiger partial charge on any atom is -0.369 e. The molecule has 4 rings (SSSR count). The highest BCUT2D eigenvalue weighted by Crippen LogP contribution is 2.55. The summed E-state index contributed by atoms with van der Waals surface area (Å²) in [6, 6.07) is 4.11. The number of nitrogens with zero attached hydrogens (tertiary/aromatic N) is 2. The van der Waals surface area contributed by atoms with Crippen LogP contribution in [0.5, 0.6) is 0 Å². The van der Waals surface area contributed by atoms with E-state index in [-0.39, 0.29) is 27.7 Å². The van der Waals surface area contributed by atoms with E-state index in [1.807, 2.05) is 7.05 Å². The van der Waals surface area contributed by atoms with Gasteiger partial charge in [-0.3, -0.25) is 4.68 Å². The normalized spacial score (nSPS) is 21.3. The molecule has 1 fully saturated rings. The standard InChI is InChI=1S/C19H21ClF3N3S.ClH/c1-18(2)9-24-17-14(15(10-4-5-10)25-26(17)3)16(27-18)12-7-6-11(20)8-13(12)19(21,22)23;/h6-8,10,16,24H,4-5,9H2,1-3H3;1H. The van der Waals surface area contributed by atoms with Crippen LogP contribution in [-0.4, -0.2) is 21.1 Å². The first kappa shape index (κ1) is 21.7. The number of benzene rings is 1. The van der Waals surface area contributed by atoms with Crippen molar-refractivity contribution in [1.29, 1.82) is 0 Å². The van der Waals surface area contributed by atoms with E-state index in [0.717, 1.165) is 36.0 Å². The predicted octanol–water partition coefficient (Wildman–Crippen LogP) is 6.42. The number of thioether (sulfide) groups is 1. The molecular weight excluding hydrogens is 430 g/mol. The van der Waals surface area contributed by atoms with Crippen LogP contribution in [-0.2, 0) is 13.2 Å². The van der Waals surface area contributed by atoms with Gasteiger partial charge < -0.3 is 5.32 Å². The van der Waals surface area contributed by atoms with E-state index in [1.54, 1.807) is 22.5 Å². The molecule has 154 valence electrons. The summed E-state index contributed by atoms with van der Waals surface area (Å²) in [5.41, 5.74) is 1.41. The molecule has 2 aliphatic rings. The first-order valence-corrected chi connectivity index (χ1v) is 10.2. The highest BCUT2D eigenvalue weighted by atomic mass is 35.5. The van der Waals surface area contributed by atoms with Gasteiger partial charge in [-0.2, -0.15) is 18.3 Å². The predicted molar refractivity (Wildman–Crippen MR) is 111 cm³/mol. The Balaban J connectivity index is 0.00000225. The third-order valence-electron chi connectivity index (χ3n) is 5.06. The van der Waals surface area contributed by atoms with Crippen molar-refractivity contribution in [3.8, 4) is 0 Å². The van der Waals surface area contributed by atoms with Gasteiger partial charge in [0, 0.05) is 34.8 Å². The van der Waals surface area contributed by atoms with Crippen LogP contribution in [0.15, 0.2) is 18.2 Å². The molecule has 1 atom stereocenters. The molecule has 0 saturated heterocycles. The number of nitrogens with one attached hydrogen (secondary N) is 1. The van der Waals surface area contributed by atoms with E-state index in [1.165, 1.54) is 6.07 Å². The monoisotopic (exact) mass is 451 g/mol. The van der Waals surface area contributed by atoms with Gasteiger partial charge in [-0.1, -0.05) is 17.7 Å². The van der Waals surface area contributed by atoms with Crippen molar-refractivity contribution in [2.45, 2.75) is 48.8 Å². The summed E-state index contributed by atoms with van der Waals surface area (Å²) in [4.78, 5) is 0. The van der Waals surface area contributed by atoms with Crippen LogP contribution in [0.1, 0.15) is 60.2 Å². The van der Waals surface area contributed by atoms with Crippen LogP contribution >= 0.6 is 35.8 Å². The Hall–Kier alpha value is -1.05. The van der Waals surface area contributed by atoms with E-state index < -0.39 is 17.0 Å². The number of aryl methyl sites for hydroxylation is 1. The van der Waals surface area contributed by atoms with Crippen LogP contribution in [0.3, 0.4) is 0 Å². The molecule has 1 aromatic carbocycles. The third kappa shape index (κ3) is 3.98. The van der Waals surface area contributed by atoms with Crippen LogP contribution in [0, 0.1) is 0 Å². The molecule has 2 aromatic rings. The van der Waals surface area contributed by atoms with E-state index in [4.69, 9.17) is 11.6 Å². The summed E-state index contributed by atoms with van der Waals surface area (Å²) in [5.74, 6) is 1.16. The van der Waals surface area contributed by atoms with E-state index in [2.05, 4.69) is 24.3 Å². The maximum atomic E-state index is 13.8. The van der Waals surface area contributed by atoms with Crippen molar-refractivity contribution in [2.24, 2.45) is 7.05 Å². The van der Waals surface area contributed by atoms with Gasteiger partial charge in [-0.15, -0.1) is 24.2 Å². The Bertz CT molecular complexity index is 891. The van der Waals surface area contributed by atoms with Crippen molar-refractivity contribution < 1.29 is 13.2 Å². The van der Waals surface area contributed by atoms with Gasteiger partial charge in [-0.25, -0.2) is 0 Å². The Morgan fingerprint density at radius 3 is 2.57 bits per heavy atom. The average molecular weight is 452 g/mol. The second kappa shape index (κ2) is 7.33. The largest absolute Gasteiger partial charge is 0.416 e. The van der Waals surface area contributed by atoms with E-state index in [0.29, 0.717) is 12.5 Å². The quantitative estimate of drug-likeness (QED) is 0.571. The lowest BCUT2D eigenvalue weighted by molar-refractivity contribution is -0.138. The maximum absolute atomic E-state index is 13.8. The smallest absolute Gasteiger partial charge is 0.369 e.